The van der Waals surface area contributed by atoms with Crippen molar-refractivity contribution < 1.29 is 4.79 Å². The number of nitrogens with one attached hydrogen (secondary N) is 1. The van der Waals surface area contributed by atoms with Crippen molar-refractivity contribution in [3.63, 3.8) is 0 Å². The first-order valence-electron chi connectivity index (χ1n) is 9.87. The maximum Gasteiger partial charge on any atom is 0.223 e. The zero-order valence-corrected chi connectivity index (χ0v) is 17.0. The molecule has 1 N–H and O–H groups in total. The van der Waals surface area contributed by atoms with Gasteiger partial charge in [0.1, 0.15) is 0 Å². The molecule has 0 aliphatic carbocycles. The largest absolute Gasteiger partial charge is 0.352 e. The lowest BCUT2D eigenvalue weighted by Crippen LogP contribution is -2.40. The van der Waals surface area contributed by atoms with Crippen molar-refractivity contribution in [2.75, 3.05) is 13.1 Å². The Labute approximate surface area is 171 Å². The third-order valence-corrected chi connectivity index (χ3v) is 5.93. The quantitative estimate of drug-likeness (QED) is 0.696. The van der Waals surface area contributed by atoms with E-state index >= 15 is 0 Å². The lowest BCUT2D eigenvalue weighted by Gasteiger charge is -2.31. The molecule has 2 aromatic carbocycles. The van der Waals surface area contributed by atoms with Gasteiger partial charge in [-0.15, -0.1) is 0 Å². The molecule has 1 fully saturated rings. The number of halogens is 1. The van der Waals surface area contributed by atoms with Crippen LogP contribution in [0.25, 0.3) is 10.9 Å². The second-order valence-corrected chi connectivity index (χ2v) is 8.12. The van der Waals surface area contributed by atoms with Gasteiger partial charge in [0.25, 0.3) is 0 Å². The van der Waals surface area contributed by atoms with Gasteiger partial charge in [0, 0.05) is 48.2 Å². The number of nitrogens with zero attached hydrogens (tertiary/aromatic N) is 2. The molecule has 146 valence electrons. The number of carbonyl (C=O) groups is 1. The van der Waals surface area contributed by atoms with E-state index in [4.69, 9.17) is 11.6 Å². The smallest absolute Gasteiger partial charge is 0.223 e. The second kappa shape index (κ2) is 8.38. The Morgan fingerprint density at radius 3 is 2.64 bits per heavy atom. The van der Waals surface area contributed by atoms with E-state index in [1.54, 1.807) is 0 Å². The lowest BCUT2D eigenvalue weighted by molar-refractivity contribution is -0.126. The Balaban J connectivity index is 1.32. The van der Waals surface area contributed by atoms with Gasteiger partial charge in [0.15, 0.2) is 0 Å². The van der Waals surface area contributed by atoms with Crippen LogP contribution in [0.2, 0.25) is 5.02 Å². The first kappa shape index (κ1) is 19.0. The molecule has 4 nitrogen and oxygen atoms in total. The van der Waals surface area contributed by atoms with Crippen molar-refractivity contribution >= 4 is 28.4 Å². The fraction of sp³-hybridized carbons (Fsp3) is 0.348. The van der Waals surface area contributed by atoms with Gasteiger partial charge >= 0.3 is 0 Å². The van der Waals surface area contributed by atoms with Gasteiger partial charge in [0.05, 0.1) is 0 Å². The van der Waals surface area contributed by atoms with Crippen LogP contribution in [0.5, 0.6) is 0 Å². The molecule has 0 spiro atoms. The average Bonchev–Trinajstić information content (AvgIpc) is 3.02. The van der Waals surface area contributed by atoms with Crippen LogP contribution >= 0.6 is 11.6 Å². The fourth-order valence-corrected chi connectivity index (χ4v) is 4.27. The average molecular weight is 396 g/mol. The SMILES string of the molecule is Cn1cc(CN2CCC(C(=O)NCc3ccccc3)CC2)c2cc(Cl)ccc21. The Morgan fingerprint density at radius 1 is 1.14 bits per heavy atom. The minimum Gasteiger partial charge on any atom is -0.352 e. The molecule has 4 rings (SSSR count). The Bertz CT molecular complexity index is 959. The molecule has 3 aromatic rings. The summed E-state index contributed by atoms with van der Waals surface area (Å²) in [5, 5.41) is 5.08. The topological polar surface area (TPSA) is 37.3 Å². The van der Waals surface area contributed by atoms with Crippen LogP contribution in [0.15, 0.2) is 54.7 Å². The third-order valence-electron chi connectivity index (χ3n) is 5.70. The Hall–Kier alpha value is -2.30. The summed E-state index contributed by atoms with van der Waals surface area (Å²) in [7, 11) is 2.07. The summed E-state index contributed by atoms with van der Waals surface area (Å²) in [5.74, 6) is 0.294. The van der Waals surface area contributed by atoms with E-state index in [0.29, 0.717) is 6.54 Å². The van der Waals surface area contributed by atoms with Gasteiger partial charge in [-0.2, -0.15) is 0 Å². The summed E-state index contributed by atoms with van der Waals surface area (Å²) in [5.41, 5.74) is 3.64. The Morgan fingerprint density at radius 2 is 1.89 bits per heavy atom. The molecule has 1 aromatic heterocycles. The van der Waals surface area contributed by atoms with Crippen molar-refractivity contribution in [3.8, 4) is 0 Å². The van der Waals surface area contributed by atoms with Crippen molar-refractivity contribution in [3.05, 3.63) is 70.9 Å². The second-order valence-electron chi connectivity index (χ2n) is 7.68. The first-order chi connectivity index (χ1) is 13.6. The highest BCUT2D eigenvalue weighted by Gasteiger charge is 2.25. The van der Waals surface area contributed by atoms with Crippen LogP contribution in [0.1, 0.15) is 24.0 Å². The monoisotopic (exact) mass is 395 g/mol. The molecular formula is C23H26ClN3O. The van der Waals surface area contributed by atoms with Crippen LogP contribution in [0.3, 0.4) is 0 Å². The van der Waals surface area contributed by atoms with Crippen LogP contribution in [-0.4, -0.2) is 28.5 Å². The zero-order chi connectivity index (χ0) is 19.5. The van der Waals surface area contributed by atoms with E-state index in [1.807, 2.05) is 36.4 Å². The normalized spacial score (nSPS) is 15.8. The summed E-state index contributed by atoms with van der Waals surface area (Å²) in [6.07, 6.45) is 4.01. The predicted octanol–water partition coefficient (Wildman–Crippen LogP) is 4.36. The van der Waals surface area contributed by atoms with E-state index < -0.39 is 0 Å². The Kier molecular flexibility index (Phi) is 5.69. The standard InChI is InChI=1S/C23H26ClN3O/c1-26-15-19(21-13-20(24)7-8-22(21)26)16-27-11-9-18(10-12-27)23(28)25-14-17-5-3-2-4-6-17/h2-8,13,15,18H,9-12,14,16H2,1H3,(H,25,28). The molecule has 2 heterocycles. The lowest BCUT2D eigenvalue weighted by atomic mass is 9.95. The van der Waals surface area contributed by atoms with Gasteiger partial charge in [0.2, 0.25) is 5.91 Å². The van der Waals surface area contributed by atoms with Crippen molar-refractivity contribution in [2.45, 2.75) is 25.9 Å². The third kappa shape index (κ3) is 4.23. The van der Waals surface area contributed by atoms with Gasteiger partial charge in [-0.05, 0) is 55.3 Å². The van der Waals surface area contributed by atoms with E-state index in [0.717, 1.165) is 43.1 Å². The molecule has 28 heavy (non-hydrogen) atoms. The maximum atomic E-state index is 12.5. The number of carbonyl (C=O) groups excluding carboxylic acids is 1. The van der Waals surface area contributed by atoms with E-state index in [1.165, 1.54) is 16.5 Å². The maximum absolute atomic E-state index is 12.5. The fourth-order valence-electron chi connectivity index (χ4n) is 4.10. The number of likely N-dealkylation sites (tertiary alicyclic amines) is 1. The van der Waals surface area contributed by atoms with Crippen LogP contribution < -0.4 is 5.32 Å². The van der Waals surface area contributed by atoms with Crippen molar-refractivity contribution in [2.24, 2.45) is 13.0 Å². The molecule has 0 saturated carbocycles. The summed E-state index contributed by atoms with van der Waals surface area (Å²) in [6, 6.07) is 16.1. The van der Waals surface area contributed by atoms with Crippen LogP contribution in [0, 0.1) is 5.92 Å². The number of piperidine rings is 1. The summed E-state index contributed by atoms with van der Waals surface area (Å²) < 4.78 is 2.16. The molecule has 0 unspecified atom stereocenters. The molecular weight excluding hydrogens is 370 g/mol. The van der Waals surface area contributed by atoms with Gasteiger partial charge in [-0.25, -0.2) is 0 Å². The van der Waals surface area contributed by atoms with Crippen LogP contribution in [0.4, 0.5) is 0 Å². The van der Waals surface area contributed by atoms with Gasteiger partial charge < -0.3 is 9.88 Å². The number of hydrogen-bond acceptors (Lipinski definition) is 2. The van der Waals surface area contributed by atoms with E-state index in [9.17, 15) is 4.79 Å². The molecule has 0 atom stereocenters. The molecule has 0 radical (unpaired) electrons. The molecule has 1 aliphatic heterocycles. The highest BCUT2D eigenvalue weighted by molar-refractivity contribution is 6.31. The first-order valence-corrected chi connectivity index (χ1v) is 10.3. The summed E-state index contributed by atoms with van der Waals surface area (Å²) in [6.45, 7) is 3.40. The summed E-state index contributed by atoms with van der Waals surface area (Å²) >= 11 is 6.20. The number of hydrogen-bond donors (Lipinski definition) is 1. The van der Waals surface area contributed by atoms with E-state index in [-0.39, 0.29) is 11.8 Å². The number of aromatic nitrogens is 1. The molecule has 0 bridgehead atoms. The number of amides is 1. The summed E-state index contributed by atoms with van der Waals surface area (Å²) in [4.78, 5) is 14.9. The van der Waals surface area contributed by atoms with Crippen molar-refractivity contribution in [1.29, 1.82) is 0 Å². The number of aryl methyl sites for hydroxylation is 1. The van der Waals surface area contributed by atoms with Gasteiger partial charge in [-0.3, -0.25) is 9.69 Å². The number of rotatable bonds is 5. The molecule has 5 heteroatoms. The van der Waals surface area contributed by atoms with Crippen LogP contribution in [-0.2, 0) is 24.9 Å². The van der Waals surface area contributed by atoms with Gasteiger partial charge in [-0.1, -0.05) is 41.9 Å². The molecule has 1 aliphatic rings. The zero-order valence-electron chi connectivity index (χ0n) is 16.2. The predicted molar refractivity (Wildman–Crippen MR) is 114 cm³/mol. The minimum absolute atomic E-state index is 0.113. The minimum atomic E-state index is 0.113. The number of benzene rings is 2. The molecule has 1 saturated heterocycles. The highest BCUT2D eigenvalue weighted by Crippen LogP contribution is 2.27. The highest BCUT2D eigenvalue weighted by atomic mass is 35.5. The van der Waals surface area contributed by atoms with Crippen molar-refractivity contribution in [1.82, 2.24) is 14.8 Å². The molecule has 1 amide bonds. The number of fused-ring (bicyclic) bond motifs is 1. The van der Waals surface area contributed by atoms with E-state index in [2.05, 4.69) is 40.2 Å².